The summed E-state index contributed by atoms with van der Waals surface area (Å²) in [5, 5.41) is 4.33. The van der Waals surface area contributed by atoms with Crippen LogP contribution < -0.4 is 10.4 Å². The van der Waals surface area contributed by atoms with Crippen molar-refractivity contribution in [2.75, 3.05) is 18.0 Å². The zero-order valence-electron chi connectivity index (χ0n) is 14.8. The molecule has 0 aromatic carbocycles. The molecule has 2 aromatic heterocycles. The van der Waals surface area contributed by atoms with E-state index >= 15 is 0 Å². The highest BCUT2D eigenvalue weighted by atomic mass is 16.7. The van der Waals surface area contributed by atoms with Crippen LogP contribution in [0, 0.1) is 0 Å². The Balaban J connectivity index is 2.00. The quantitative estimate of drug-likeness (QED) is 0.806. The average Bonchev–Trinajstić information content (AvgIpc) is 3.00. The Bertz CT molecular complexity index is 693. The van der Waals surface area contributed by atoms with Gasteiger partial charge < -0.3 is 14.2 Å². The summed E-state index contributed by atoms with van der Waals surface area (Å²) in [5.41, 5.74) is 1.25. The molecule has 6 nitrogen and oxygen atoms in total. The molecule has 0 spiro atoms. The van der Waals surface area contributed by atoms with Crippen molar-refractivity contribution in [2.45, 2.75) is 52.7 Å². The summed E-state index contributed by atoms with van der Waals surface area (Å²) in [5.74, 6) is 0.938. The zero-order chi connectivity index (χ0) is 16.8. The van der Waals surface area contributed by atoms with Gasteiger partial charge in [0.2, 0.25) is 0 Å². The van der Waals surface area contributed by atoms with Gasteiger partial charge in [0.15, 0.2) is 5.82 Å². The molecule has 23 heavy (non-hydrogen) atoms. The summed E-state index contributed by atoms with van der Waals surface area (Å²) in [6, 6.07) is 2.07. The summed E-state index contributed by atoms with van der Waals surface area (Å²) in [4.78, 5) is 6.67. The van der Waals surface area contributed by atoms with Gasteiger partial charge in [-0.15, -0.1) is 0 Å². The van der Waals surface area contributed by atoms with E-state index in [0.717, 1.165) is 29.9 Å². The molecule has 3 rings (SSSR count). The largest absolute Gasteiger partial charge is 0.496 e. The van der Waals surface area contributed by atoms with E-state index in [1.165, 1.54) is 0 Å². The molecule has 0 atom stereocenters. The molecule has 0 saturated carbocycles. The minimum atomic E-state index is -0.383. The normalized spacial score (nSPS) is 19.5. The van der Waals surface area contributed by atoms with Crippen LogP contribution in [0.3, 0.4) is 0 Å². The first-order chi connectivity index (χ1) is 10.8. The van der Waals surface area contributed by atoms with Crippen LogP contribution in [-0.4, -0.2) is 46.0 Å². The van der Waals surface area contributed by atoms with Crippen LogP contribution in [0.2, 0.25) is 0 Å². The van der Waals surface area contributed by atoms with Gasteiger partial charge >= 0.3 is 7.12 Å². The van der Waals surface area contributed by atoms with E-state index in [4.69, 9.17) is 9.31 Å². The monoisotopic (exact) mass is 316 g/mol. The van der Waals surface area contributed by atoms with Gasteiger partial charge in [-0.05, 0) is 47.6 Å². The molecular formula is C16H25BN4O2. The van der Waals surface area contributed by atoms with Gasteiger partial charge in [0.25, 0.3) is 0 Å². The maximum atomic E-state index is 6.14. The van der Waals surface area contributed by atoms with Crippen molar-refractivity contribution < 1.29 is 9.31 Å². The standard InChI is InChI=1S/C16H25BN4O2/c1-7-20(8-2)14-13-9-12(10-21(13)19-11-18-14)17-22-15(3,4)16(5,6)23-17/h9-11H,7-8H2,1-6H3. The van der Waals surface area contributed by atoms with E-state index in [1.807, 2.05) is 10.7 Å². The summed E-state index contributed by atoms with van der Waals surface area (Å²) < 4.78 is 14.1. The smallest absolute Gasteiger partial charge is 0.399 e. The first-order valence-electron chi connectivity index (χ1n) is 8.23. The van der Waals surface area contributed by atoms with Gasteiger partial charge in [0.05, 0.1) is 11.2 Å². The van der Waals surface area contributed by atoms with Crippen molar-refractivity contribution >= 4 is 23.9 Å². The number of hydrogen-bond donors (Lipinski definition) is 0. The molecule has 2 aromatic rings. The summed E-state index contributed by atoms with van der Waals surface area (Å²) >= 11 is 0. The Morgan fingerprint density at radius 2 is 1.74 bits per heavy atom. The molecule has 0 aliphatic carbocycles. The Kier molecular flexibility index (Phi) is 3.88. The van der Waals surface area contributed by atoms with Crippen molar-refractivity contribution in [2.24, 2.45) is 0 Å². The lowest BCUT2D eigenvalue weighted by molar-refractivity contribution is 0.00578. The molecular weight excluding hydrogens is 291 g/mol. The van der Waals surface area contributed by atoms with E-state index in [-0.39, 0.29) is 18.3 Å². The topological polar surface area (TPSA) is 51.9 Å². The second-order valence-electron chi connectivity index (χ2n) is 6.95. The van der Waals surface area contributed by atoms with Gasteiger partial charge in [-0.25, -0.2) is 9.50 Å². The number of fused-ring (bicyclic) bond motifs is 1. The average molecular weight is 316 g/mol. The van der Waals surface area contributed by atoms with Crippen molar-refractivity contribution in [3.8, 4) is 0 Å². The van der Waals surface area contributed by atoms with Crippen LogP contribution in [0.1, 0.15) is 41.5 Å². The summed E-state index contributed by atoms with van der Waals surface area (Å²) in [6.45, 7) is 14.3. The van der Waals surface area contributed by atoms with Crippen molar-refractivity contribution in [1.29, 1.82) is 0 Å². The van der Waals surface area contributed by atoms with Gasteiger partial charge in [-0.1, -0.05) is 0 Å². The Morgan fingerprint density at radius 3 is 2.30 bits per heavy atom. The maximum absolute atomic E-state index is 6.14. The van der Waals surface area contributed by atoms with E-state index < -0.39 is 0 Å². The second kappa shape index (κ2) is 5.49. The lowest BCUT2D eigenvalue weighted by Crippen LogP contribution is -2.41. The summed E-state index contributed by atoms with van der Waals surface area (Å²) in [7, 11) is -0.383. The van der Waals surface area contributed by atoms with Crippen molar-refractivity contribution in [3.05, 3.63) is 18.6 Å². The molecule has 3 heterocycles. The third-order valence-electron chi connectivity index (χ3n) is 5.00. The highest BCUT2D eigenvalue weighted by molar-refractivity contribution is 6.62. The Labute approximate surface area is 137 Å². The number of rotatable bonds is 4. The number of hydrogen-bond acceptors (Lipinski definition) is 5. The molecule has 1 aliphatic heterocycles. The predicted octanol–water partition coefficient (Wildman–Crippen LogP) is 1.87. The minimum absolute atomic E-state index is 0.348. The van der Waals surface area contributed by atoms with E-state index in [9.17, 15) is 0 Å². The van der Waals surface area contributed by atoms with Gasteiger partial charge in [-0.2, -0.15) is 5.10 Å². The highest BCUT2D eigenvalue weighted by Crippen LogP contribution is 2.36. The maximum Gasteiger partial charge on any atom is 0.496 e. The SMILES string of the molecule is CCN(CC)c1ncnn2cc(B3OC(C)(C)C(C)(C)O3)cc12. The predicted molar refractivity (Wildman–Crippen MR) is 92.3 cm³/mol. The fourth-order valence-corrected chi connectivity index (χ4v) is 2.81. The molecule has 0 amide bonds. The van der Waals surface area contributed by atoms with Crippen molar-refractivity contribution in [3.63, 3.8) is 0 Å². The molecule has 124 valence electrons. The first kappa shape index (κ1) is 16.3. The Morgan fingerprint density at radius 1 is 1.13 bits per heavy atom. The molecule has 1 fully saturated rings. The van der Waals surface area contributed by atoms with Crippen LogP contribution in [0.4, 0.5) is 5.82 Å². The molecule has 0 radical (unpaired) electrons. The first-order valence-corrected chi connectivity index (χ1v) is 8.23. The molecule has 0 N–H and O–H groups in total. The zero-order valence-corrected chi connectivity index (χ0v) is 14.8. The van der Waals surface area contributed by atoms with Crippen LogP contribution in [0.25, 0.3) is 5.52 Å². The van der Waals surface area contributed by atoms with E-state index in [0.29, 0.717) is 0 Å². The fraction of sp³-hybridized carbons (Fsp3) is 0.625. The molecule has 1 saturated heterocycles. The molecule has 7 heteroatoms. The molecule has 0 bridgehead atoms. The van der Waals surface area contributed by atoms with Crippen molar-refractivity contribution in [1.82, 2.24) is 14.6 Å². The summed E-state index contributed by atoms with van der Waals surface area (Å²) in [6.07, 6.45) is 3.56. The fourth-order valence-electron chi connectivity index (χ4n) is 2.81. The number of aromatic nitrogens is 3. The lowest BCUT2D eigenvalue weighted by Gasteiger charge is -2.32. The Hall–Kier alpha value is -1.60. The number of anilines is 1. The van der Waals surface area contributed by atoms with Gasteiger partial charge in [0, 0.05) is 24.7 Å². The molecule has 1 aliphatic rings. The van der Waals surface area contributed by atoms with E-state index in [1.54, 1.807) is 6.33 Å². The third-order valence-corrected chi connectivity index (χ3v) is 5.00. The lowest BCUT2D eigenvalue weighted by atomic mass is 9.81. The van der Waals surface area contributed by atoms with Crippen LogP contribution in [0.5, 0.6) is 0 Å². The highest BCUT2D eigenvalue weighted by Gasteiger charge is 2.52. The third kappa shape index (κ3) is 2.62. The molecule has 0 unspecified atom stereocenters. The van der Waals surface area contributed by atoms with Crippen LogP contribution >= 0.6 is 0 Å². The minimum Gasteiger partial charge on any atom is -0.399 e. The van der Waals surface area contributed by atoms with Crippen LogP contribution in [0.15, 0.2) is 18.6 Å². The van der Waals surface area contributed by atoms with E-state index in [2.05, 4.69) is 62.6 Å². The van der Waals surface area contributed by atoms with Gasteiger partial charge in [-0.3, -0.25) is 0 Å². The van der Waals surface area contributed by atoms with Gasteiger partial charge in [0.1, 0.15) is 11.8 Å². The second-order valence-corrected chi connectivity index (χ2v) is 6.95. The number of nitrogens with zero attached hydrogens (tertiary/aromatic N) is 4. The van der Waals surface area contributed by atoms with Crippen LogP contribution in [-0.2, 0) is 9.31 Å².